The molecule has 2 aromatic carbocycles. The Labute approximate surface area is 147 Å². The number of hydrogen-bond donors (Lipinski definition) is 2. The number of halogens is 1. The molecule has 0 aromatic heterocycles. The summed E-state index contributed by atoms with van der Waals surface area (Å²) in [4.78, 5) is 1.99. The van der Waals surface area contributed by atoms with Crippen LogP contribution in [0.4, 0.5) is 10.1 Å². The van der Waals surface area contributed by atoms with Crippen LogP contribution in [-0.2, 0) is 6.42 Å². The lowest BCUT2D eigenvalue weighted by Gasteiger charge is -2.36. The van der Waals surface area contributed by atoms with E-state index in [1.165, 1.54) is 5.56 Å². The molecule has 1 heterocycles. The first-order valence-electron chi connectivity index (χ1n) is 8.37. The molecule has 0 fully saturated rings. The van der Waals surface area contributed by atoms with Crippen molar-refractivity contribution in [3.63, 3.8) is 0 Å². The number of benzene rings is 2. The predicted molar refractivity (Wildman–Crippen MR) is 97.4 cm³/mol. The first-order chi connectivity index (χ1) is 12.1. The van der Waals surface area contributed by atoms with Crippen molar-refractivity contribution in [1.82, 2.24) is 0 Å². The van der Waals surface area contributed by atoms with Crippen LogP contribution in [-0.4, -0.2) is 24.8 Å². The summed E-state index contributed by atoms with van der Waals surface area (Å²) in [5, 5.41) is 10.7. The van der Waals surface area contributed by atoms with Crippen molar-refractivity contribution in [2.75, 3.05) is 24.6 Å². The predicted octanol–water partition coefficient (Wildman–Crippen LogP) is 3.24. The van der Waals surface area contributed by atoms with Crippen LogP contribution in [0.1, 0.15) is 22.9 Å². The zero-order chi connectivity index (χ0) is 17.8. The van der Waals surface area contributed by atoms with Gasteiger partial charge in [-0.2, -0.15) is 0 Å². The fraction of sp³-hybridized carbons (Fsp3) is 0.300. The van der Waals surface area contributed by atoms with E-state index in [9.17, 15) is 9.50 Å². The van der Waals surface area contributed by atoms with Gasteiger partial charge in [0.15, 0.2) is 6.23 Å². The van der Waals surface area contributed by atoms with Crippen LogP contribution in [0.2, 0.25) is 0 Å². The maximum Gasteiger partial charge on any atom is 0.153 e. The Bertz CT molecular complexity index is 759. The van der Waals surface area contributed by atoms with E-state index >= 15 is 0 Å². The summed E-state index contributed by atoms with van der Waals surface area (Å²) in [6.45, 7) is 3.02. The van der Waals surface area contributed by atoms with Crippen LogP contribution in [0, 0.1) is 6.92 Å². The minimum atomic E-state index is -0.689. The van der Waals surface area contributed by atoms with Gasteiger partial charge >= 0.3 is 0 Å². The van der Waals surface area contributed by atoms with Crippen LogP contribution in [0.3, 0.4) is 0 Å². The molecule has 25 heavy (non-hydrogen) atoms. The third-order valence-electron chi connectivity index (χ3n) is 4.52. The van der Waals surface area contributed by atoms with Crippen LogP contribution in [0.25, 0.3) is 0 Å². The highest BCUT2D eigenvalue weighted by Crippen LogP contribution is 2.34. The van der Waals surface area contributed by atoms with Crippen LogP contribution >= 0.6 is 0 Å². The van der Waals surface area contributed by atoms with Crippen molar-refractivity contribution in [3.05, 3.63) is 71.1 Å². The summed E-state index contributed by atoms with van der Waals surface area (Å²) >= 11 is 0. The van der Waals surface area contributed by atoms with E-state index < -0.39 is 6.23 Å². The van der Waals surface area contributed by atoms with E-state index in [1.54, 1.807) is 6.07 Å². The smallest absolute Gasteiger partial charge is 0.153 e. The van der Waals surface area contributed by atoms with Crippen LogP contribution < -0.4 is 15.4 Å². The first-order valence-corrected chi connectivity index (χ1v) is 8.37. The van der Waals surface area contributed by atoms with Gasteiger partial charge in [0.2, 0.25) is 0 Å². The van der Waals surface area contributed by atoms with Gasteiger partial charge in [0.05, 0.1) is 6.33 Å². The third kappa shape index (κ3) is 3.83. The number of aliphatic hydroxyl groups excluding tert-OH is 1. The number of nitrogens with two attached hydrogens (primary N) is 1. The van der Waals surface area contributed by atoms with Gasteiger partial charge in [-0.05, 0) is 43.2 Å². The highest BCUT2D eigenvalue weighted by atomic mass is 19.1. The van der Waals surface area contributed by atoms with E-state index in [2.05, 4.69) is 0 Å². The average molecular weight is 342 g/mol. The number of ether oxygens (including phenoxy) is 1. The second-order valence-electron chi connectivity index (χ2n) is 6.27. The molecular formula is C20H23FN2O2. The van der Waals surface area contributed by atoms with Gasteiger partial charge in [0.1, 0.15) is 12.4 Å². The summed E-state index contributed by atoms with van der Waals surface area (Å²) in [7, 11) is 0. The second-order valence-corrected chi connectivity index (χ2v) is 6.27. The number of nitrogens with zero attached hydrogens (tertiary/aromatic N) is 1. The molecule has 0 amide bonds. The fourth-order valence-electron chi connectivity index (χ4n) is 2.99. The van der Waals surface area contributed by atoms with Crippen LogP contribution in [0.15, 0.2) is 54.4 Å². The summed E-state index contributed by atoms with van der Waals surface area (Å²) in [6.07, 6.45) is 0.604. The Kier molecular flexibility index (Phi) is 5.36. The molecule has 0 saturated heterocycles. The molecule has 0 saturated carbocycles. The second kappa shape index (κ2) is 7.68. The normalized spacial score (nSPS) is 17.4. The number of anilines is 1. The summed E-state index contributed by atoms with van der Waals surface area (Å²) in [6, 6.07) is 13.7. The number of hydrogen-bond acceptors (Lipinski definition) is 4. The van der Waals surface area contributed by atoms with Gasteiger partial charge in [-0.25, -0.2) is 4.39 Å². The van der Waals surface area contributed by atoms with Crippen molar-refractivity contribution in [2.45, 2.75) is 19.6 Å². The van der Waals surface area contributed by atoms with Gasteiger partial charge in [-0.1, -0.05) is 23.8 Å². The van der Waals surface area contributed by atoms with Crippen molar-refractivity contribution >= 4 is 5.69 Å². The molecule has 2 aromatic rings. The number of rotatable bonds is 5. The maximum atomic E-state index is 12.6. The standard InChI is InChI=1S/C20H23FN2O2/c1-14-2-4-17(5-3-14)23-9-8-16-10-18(6-7-19(16)20(23)24)25-13-15(11-21)12-22/h2-7,10-11,20,24H,8-9,12-13,22H2,1H3/b15-11+. The van der Waals surface area contributed by atoms with Crippen molar-refractivity contribution < 1.29 is 14.2 Å². The molecule has 1 atom stereocenters. The molecule has 0 spiro atoms. The Hall–Kier alpha value is -2.37. The molecule has 4 nitrogen and oxygen atoms in total. The SMILES string of the molecule is Cc1ccc(N2CCc3cc(OC/C(=C/F)CN)ccc3C2O)cc1. The number of fused-ring (bicyclic) bond motifs is 1. The molecule has 3 N–H and O–H groups in total. The van der Waals surface area contributed by atoms with Gasteiger partial charge < -0.3 is 20.5 Å². The van der Waals surface area contributed by atoms with E-state index in [0.717, 1.165) is 29.8 Å². The molecule has 1 aliphatic rings. The Morgan fingerprint density at radius 2 is 2.08 bits per heavy atom. The highest BCUT2D eigenvalue weighted by molar-refractivity contribution is 5.52. The lowest BCUT2D eigenvalue weighted by Crippen LogP contribution is -2.35. The topological polar surface area (TPSA) is 58.7 Å². The highest BCUT2D eigenvalue weighted by Gasteiger charge is 2.26. The number of aliphatic hydroxyl groups is 1. The van der Waals surface area contributed by atoms with Gasteiger partial charge in [-0.3, -0.25) is 0 Å². The minimum absolute atomic E-state index is 0.129. The molecular weight excluding hydrogens is 319 g/mol. The summed E-state index contributed by atoms with van der Waals surface area (Å²) in [5.41, 5.74) is 9.95. The van der Waals surface area contributed by atoms with Gasteiger partial charge in [0.25, 0.3) is 0 Å². The summed E-state index contributed by atoms with van der Waals surface area (Å²) in [5.74, 6) is 0.655. The lowest BCUT2D eigenvalue weighted by molar-refractivity contribution is 0.164. The lowest BCUT2D eigenvalue weighted by atomic mass is 9.97. The quantitative estimate of drug-likeness (QED) is 0.876. The van der Waals surface area contributed by atoms with E-state index in [4.69, 9.17) is 10.5 Å². The molecule has 1 aliphatic heterocycles. The number of aryl methyl sites for hydroxylation is 1. The van der Waals surface area contributed by atoms with Gasteiger partial charge in [0, 0.05) is 29.9 Å². The van der Waals surface area contributed by atoms with Crippen LogP contribution in [0.5, 0.6) is 5.75 Å². The minimum Gasteiger partial charge on any atom is -0.489 e. The first kappa shape index (κ1) is 17.5. The molecule has 0 bridgehead atoms. The monoisotopic (exact) mass is 342 g/mol. The van der Waals surface area contributed by atoms with E-state index in [0.29, 0.717) is 17.7 Å². The Balaban J connectivity index is 1.76. The van der Waals surface area contributed by atoms with E-state index in [-0.39, 0.29) is 13.2 Å². The Morgan fingerprint density at radius 3 is 2.76 bits per heavy atom. The molecule has 0 aliphatic carbocycles. The Morgan fingerprint density at radius 1 is 1.32 bits per heavy atom. The van der Waals surface area contributed by atoms with Crippen molar-refractivity contribution in [1.29, 1.82) is 0 Å². The molecule has 5 heteroatoms. The maximum absolute atomic E-state index is 12.6. The van der Waals surface area contributed by atoms with Gasteiger partial charge in [-0.15, -0.1) is 0 Å². The molecule has 0 radical (unpaired) electrons. The third-order valence-corrected chi connectivity index (χ3v) is 4.52. The zero-order valence-electron chi connectivity index (χ0n) is 14.3. The molecule has 132 valence electrons. The molecule has 1 unspecified atom stereocenters. The average Bonchev–Trinajstić information content (AvgIpc) is 2.64. The largest absolute Gasteiger partial charge is 0.489 e. The summed E-state index contributed by atoms with van der Waals surface area (Å²) < 4.78 is 18.1. The van der Waals surface area contributed by atoms with Crippen molar-refractivity contribution in [3.8, 4) is 5.75 Å². The van der Waals surface area contributed by atoms with E-state index in [1.807, 2.05) is 48.2 Å². The molecule has 3 rings (SSSR count). The fourth-order valence-corrected chi connectivity index (χ4v) is 2.99. The zero-order valence-corrected chi connectivity index (χ0v) is 14.3. The van der Waals surface area contributed by atoms with Crippen molar-refractivity contribution in [2.24, 2.45) is 5.73 Å².